The number of nitrogens with zero attached hydrogens (tertiary/aromatic N) is 2. The van der Waals surface area contributed by atoms with E-state index in [1.165, 1.54) is 5.56 Å². The summed E-state index contributed by atoms with van der Waals surface area (Å²) >= 11 is 0. The maximum Gasteiger partial charge on any atom is 0.258 e. The zero-order valence-electron chi connectivity index (χ0n) is 16.3. The summed E-state index contributed by atoms with van der Waals surface area (Å²) in [5, 5.41) is 2.98. The Balaban J connectivity index is 1.61. The summed E-state index contributed by atoms with van der Waals surface area (Å²) in [7, 11) is 0. The molecule has 0 spiro atoms. The smallest absolute Gasteiger partial charge is 0.258 e. The lowest BCUT2D eigenvalue weighted by atomic mass is 10.1. The number of imidazole rings is 1. The predicted molar refractivity (Wildman–Crippen MR) is 111 cm³/mol. The summed E-state index contributed by atoms with van der Waals surface area (Å²) in [4.78, 5) is 16.4. The number of carbonyl (C=O) groups is 1. The molecule has 0 aliphatic rings. The van der Waals surface area contributed by atoms with E-state index in [1.54, 1.807) is 12.5 Å². The summed E-state index contributed by atoms with van der Waals surface area (Å²) in [5.74, 6) is 0.436. The van der Waals surface area contributed by atoms with Gasteiger partial charge in [-0.15, -0.1) is 0 Å². The van der Waals surface area contributed by atoms with Gasteiger partial charge in [-0.25, -0.2) is 4.98 Å². The molecular formula is C23H25N3O2. The molecule has 1 unspecified atom stereocenters. The largest absolute Gasteiger partial charge is 0.483 e. The Bertz CT molecular complexity index is 931. The number of amides is 1. The van der Waals surface area contributed by atoms with E-state index in [0.717, 1.165) is 23.2 Å². The SMILES string of the molecule is C=C(c1ccccc1OCC(=O)NC(C)c1ccc(CC)cc1)n1ccnc1. The van der Waals surface area contributed by atoms with Crippen molar-refractivity contribution in [2.24, 2.45) is 0 Å². The van der Waals surface area contributed by atoms with Gasteiger partial charge in [0.2, 0.25) is 0 Å². The molecule has 28 heavy (non-hydrogen) atoms. The van der Waals surface area contributed by atoms with Crippen molar-refractivity contribution in [2.75, 3.05) is 6.61 Å². The second-order valence-corrected chi connectivity index (χ2v) is 6.59. The molecule has 1 amide bonds. The maximum absolute atomic E-state index is 12.4. The molecule has 1 N–H and O–H groups in total. The predicted octanol–water partition coefficient (Wildman–Crippen LogP) is 4.22. The molecular weight excluding hydrogens is 350 g/mol. The van der Waals surface area contributed by atoms with Gasteiger partial charge in [0.15, 0.2) is 6.61 Å². The van der Waals surface area contributed by atoms with Crippen molar-refractivity contribution in [3.05, 3.63) is 90.5 Å². The highest BCUT2D eigenvalue weighted by Crippen LogP contribution is 2.26. The molecule has 0 fully saturated rings. The Morgan fingerprint density at radius 2 is 1.96 bits per heavy atom. The van der Waals surface area contributed by atoms with Crippen molar-refractivity contribution in [2.45, 2.75) is 26.3 Å². The fourth-order valence-corrected chi connectivity index (χ4v) is 2.94. The number of hydrogen-bond donors (Lipinski definition) is 1. The summed E-state index contributed by atoms with van der Waals surface area (Å²) in [6, 6.07) is 15.7. The van der Waals surface area contributed by atoms with E-state index >= 15 is 0 Å². The third-order valence-electron chi connectivity index (χ3n) is 4.64. The van der Waals surface area contributed by atoms with Gasteiger partial charge < -0.3 is 14.6 Å². The van der Waals surface area contributed by atoms with Gasteiger partial charge in [0.1, 0.15) is 5.75 Å². The first-order valence-corrected chi connectivity index (χ1v) is 9.36. The van der Waals surface area contributed by atoms with Gasteiger partial charge in [-0.3, -0.25) is 4.79 Å². The maximum atomic E-state index is 12.4. The van der Waals surface area contributed by atoms with E-state index in [4.69, 9.17) is 4.74 Å². The molecule has 0 aliphatic heterocycles. The van der Waals surface area contributed by atoms with Crippen molar-refractivity contribution in [1.82, 2.24) is 14.9 Å². The lowest BCUT2D eigenvalue weighted by Crippen LogP contribution is -2.31. The van der Waals surface area contributed by atoms with Gasteiger partial charge in [0.25, 0.3) is 5.91 Å². The van der Waals surface area contributed by atoms with Crippen LogP contribution in [-0.4, -0.2) is 22.1 Å². The zero-order chi connectivity index (χ0) is 19.9. The Labute approximate surface area is 165 Å². The van der Waals surface area contributed by atoms with E-state index in [2.05, 4.69) is 48.1 Å². The molecule has 0 bridgehead atoms. The number of benzene rings is 2. The van der Waals surface area contributed by atoms with Crippen molar-refractivity contribution < 1.29 is 9.53 Å². The molecule has 3 aromatic rings. The molecule has 1 atom stereocenters. The number of carbonyl (C=O) groups excluding carboxylic acids is 1. The molecule has 1 heterocycles. The molecule has 5 heteroatoms. The van der Waals surface area contributed by atoms with Gasteiger partial charge in [-0.05, 0) is 36.6 Å². The number of aryl methyl sites for hydroxylation is 1. The van der Waals surface area contributed by atoms with Crippen LogP contribution in [0.1, 0.15) is 36.6 Å². The Morgan fingerprint density at radius 3 is 2.64 bits per heavy atom. The van der Waals surface area contributed by atoms with Crippen LogP contribution in [0, 0.1) is 0 Å². The second-order valence-electron chi connectivity index (χ2n) is 6.59. The topological polar surface area (TPSA) is 56.1 Å². The first-order chi connectivity index (χ1) is 13.6. The highest BCUT2D eigenvalue weighted by molar-refractivity contribution is 5.78. The number of nitrogens with one attached hydrogen (secondary N) is 1. The van der Waals surface area contributed by atoms with Crippen LogP contribution in [0.5, 0.6) is 5.75 Å². The van der Waals surface area contributed by atoms with Crippen LogP contribution < -0.4 is 10.1 Å². The fourth-order valence-electron chi connectivity index (χ4n) is 2.94. The summed E-state index contributed by atoms with van der Waals surface area (Å²) in [5.41, 5.74) is 3.90. The lowest BCUT2D eigenvalue weighted by Gasteiger charge is -2.17. The molecule has 144 valence electrons. The summed E-state index contributed by atoms with van der Waals surface area (Å²) in [6.45, 7) is 8.12. The van der Waals surface area contributed by atoms with Gasteiger partial charge in [0, 0.05) is 18.0 Å². The molecule has 0 saturated heterocycles. The number of rotatable bonds is 8. The Morgan fingerprint density at radius 1 is 1.21 bits per heavy atom. The average molecular weight is 375 g/mol. The fraction of sp³-hybridized carbons (Fsp3) is 0.217. The quantitative estimate of drug-likeness (QED) is 0.641. The first kappa shape index (κ1) is 19.4. The highest BCUT2D eigenvalue weighted by Gasteiger charge is 2.13. The second kappa shape index (κ2) is 9.04. The Hall–Kier alpha value is -3.34. The number of ether oxygens (including phenoxy) is 1. The van der Waals surface area contributed by atoms with Crippen molar-refractivity contribution in [1.29, 1.82) is 0 Å². The number of hydrogen-bond acceptors (Lipinski definition) is 3. The first-order valence-electron chi connectivity index (χ1n) is 9.36. The van der Waals surface area contributed by atoms with Crippen LogP contribution in [0.15, 0.2) is 73.8 Å². The number of para-hydroxylation sites is 1. The summed E-state index contributed by atoms with van der Waals surface area (Å²) in [6.07, 6.45) is 6.18. The molecule has 5 nitrogen and oxygen atoms in total. The average Bonchev–Trinajstić information content (AvgIpc) is 3.27. The van der Waals surface area contributed by atoms with E-state index < -0.39 is 0 Å². The third kappa shape index (κ3) is 4.68. The minimum Gasteiger partial charge on any atom is -0.483 e. The van der Waals surface area contributed by atoms with Gasteiger partial charge in [-0.1, -0.05) is 49.9 Å². The van der Waals surface area contributed by atoms with Crippen LogP contribution in [0.25, 0.3) is 5.70 Å². The van der Waals surface area contributed by atoms with Gasteiger partial charge in [-0.2, -0.15) is 0 Å². The van der Waals surface area contributed by atoms with Crippen LogP contribution in [0.2, 0.25) is 0 Å². The van der Waals surface area contributed by atoms with Gasteiger partial charge >= 0.3 is 0 Å². The molecule has 2 aromatic carbocycles. The molecule has 0 aliphatic carbocycles. The standard InChI is InChI=1S/C23H25N3O2/c1-4-19-9-11-20(12-10-19)17(2)25-23(27)15-28-22-8-6-5-7-21(22)18(3)26-14-13-24-16-26/h5-14,16-17H,3-4,15H2,1-2H3,(H,25,27). The van der Waals surface area contributed by atoms with E-state index in [1.807, 2.05) is 42.0 Å². The monoisotopic (exact) mass is 375 g/mol. The van der Waals surface area contributed by atoms with Crippen LogP contribution in [0.3, 0.4) is 0 Å². The normalized spacial score (nSPS) is 11.6. The van der Waals surface area contributed by atoms with Crippen LogP contribution in [-0.2, 0) is 11.2 Å². The molecule has 3 rings (SSSR count). The van der Waals surface area contributed by atoms with Crippen molar-refractivity contribution in [3.63, 3.8) is 0 Å². The third-order valence-corrected chi connectivity index (χ3v) is 4.64. The van der Waals surface area contributed by atoms with Gasteiger partial charge in [0.05, 0.1) is 18.1 Å². The highest BCUT2D eigenvalue weighted by atomic mass is 16.5. The molecule has 0 radical (unpaired) electrons. The molecule has 0 saturated carbocycles. The van der Waals surface area contributed by atoms with E-state index in [9.17, 15) is 4.79 Å². The Kier molecular flexibility index (Phi) is 6.27. The van der Waals surface area contributed by atoms with Crippen LogP contribution in [0.4, 0.5) is 0 Å². The van der Waals surface area contributed by atoms with E-state index in [0.29, 0.717) is 5.75 Å². The lowest BCUT2D eigenvalue weighted by molar-refractivity contribution is -0.123. The minimum atomic E-state index is -0.171. The van der Waals surface area contributed by atoms with E-state index in [-0.39, 0.29) is 18.6 Å². The van der Waals surface area contributed by atoms with Crippen molar-refractivity contribution in [3.8, 4) is 5.75 Å². The minimum absolute atomic E-state index is 0.0639. The number of aromatic nitrogens is 2. The zero-order valence-corrected chi connectivity index (χ0v) is 16.3. The van der Waals surface area contributed by atoms with Crippen LogP contribution >= 0.6 is 0 Å². The summed E-state index contributed by atoms with van der Waals surface area (Å²) < 4.78 is 7.59. The molecule has 1 aromatic heterocycles. The van der Waals surface area contributed by atoms with Crippen molar-refractivity contribution >= 4 is 11.6 Å².